The van der Waals surface area contributed by atoms with Crippen LogP contribution in [0.25, 0.3) is 5.57 Å². The molecule has 0 aromatic heterocycles. The van der Waals surface area contributed by atoms with Gasteiger partial charge in [-0.3, -0.25) is 0 Å². The number of nitrogens with two attached hydrogens (primary N) is 1. The predicted molar refractivity (Wildman–Crippen MR) is 56.0 cm³/mol. The summed E-state index contributed by atoms with van der Waals surface area (Å²) in [5, 5.41) is 0. The van der Waals surface area contributed by atoms with Crippen molar-refractivity contribution in [2.24, 2.45) is 0 Å². The van der Waals surface area contributed by atoms with Crippen LogP contribution in [0.3, 0.4) is 0 Å². The lowest BCUT2D eigenvalue weighted by Gasteiger charge is -2.09. The second-order valence-electron chi connectivity index (χ2n) is 3.18. The molecular weight excluding hydrogens is 194 g/mol. The molecule has 1 aromatic rings. The first-order chi connectivity index (χ1) is 7.26. The quantitative estimate of drug-likeness (QED) is 0.582. The molecule has 0 radical (unpaired) electrons. The first-order valence-electron chi connectivity index (χ1n) is 4.69. The molecule has 1 atom stereocenters. The number of nitrogen functional groups attached to an aromatic ring is 1. The number of ether oxygens (including phenoxy) is 2. The number of hydrogen-bond donors (Lipinski definition) is 1. The summed E-state index contributed by atoms with van der Waals surface area (Å²) in [5.74, 6) is 2.46. The van der Waals surface area contributed by atoms with E-state index < -0.39 is 6.29 Å². The molecule has 78 valence electrons. The number of fused-ring (bicyclic) bond motifs is 1. The van der Waals surface area contributed by atoms with Crippen LogP contribution >= 0.6 is 0 Å². The highest BCUT2D eigenvalue weighted by Gasteiger charge is 2.30. The molecule has 1 aliphatic rings. The van der Waals surface area contributed by atoms with Gasteiger partial charge in [-0.15, -0.1) is 0 Å². The fourth-order valence-corrected chi connectivity index (χ4v) is 1.53. The Morgan fingerprint density at radius 2 is 2.40 bits per heavy atom. The van der Waals surface area contributed by atoms with Crippen molar-refractivity contribution in [1.82, 2.24) is 0 Å². The highest BCUT2D eigenvalue weighted by Crippen LogP contribution is 2.37. The molecule has 0 bridgehead atoms. The lowest BCUT2D eigenvalue weighted by Crippen LogP contribution is -2.16. The zero-order valence-corrected chi connectivity index (χ0v) is 8.32. The molecule has 1 aliphatic heterocycles. The molecule has 0 saturated heterocycles. The van der Waals surface area contributed by atoms with Crippen LogP contribution in [0.2, 0.25) is 0 Å². The summed E-state index contributed by atoms with van der Waals surface area (Å²) in [5.41, 5.74) is 7.26. The fourth-order valence-electron chi connectivity index (χ4n) is 1.53. The average molecular weight is 205 g/mol. The Hall–Kier alpha value is -1.77. The van der Waals surface area contributed by atoms with E-state index in [4.69, 9.17) is 15.2 Å². The molecule has 0 fully saturated rings. The third kappa shape index (κ3) is 1.61. The Bertz CT molecular complexity index is 435. The molecule has 0 spiro atoms. The van der Waals surface area contributed by atoms with Crippen LogP contribution in [0.1, 0.15) is 12.5 Å². The maximum atomic E-state index is 10.8. The third-order valence-electron chi connectivity index (χ3n) is 2.19. The monoisotopic (exact) mass is 205 g/mol. The lowest BCUT2D eigenvalue weighted by atomic mass is 10.1. The van der Waals surface area contributed by atoms with Gasteiger partial charge in [-0.2, -0.15) is 0 Å². The molecule has 2 rings (SSSR count). The van der Waals surface area contributed by atoms with Gasteiger partial charge in [-0.05, 0) is 25.1 Å². The third-order valence-corrected chi connectivity index (χ3v) is 2.19. The Morgan fingerprint density at radius 1 is 1.60 bits per heavy atom. The first kappa shape index (κ1) is 9.77. The summed E-state index contributed by atoms with van der Waals surface area (Å²) in [6.45, 7) is 2.31. The Kier molecular flexibility index (Phi) is 2.46. The van der Waals surface area contributed by atoms with E-state index in [2.05, 4.69) is 0 Å². The van der Waals surface area contributed by atoms with Gasteiger partial charge in [-0.25, -0.2) is 4.79 Å². The molecule has 0 amide bonds. The van der Waals surface area contributed by atoms with E-state index in [0.29, 0.717) is 29.2 Å². The van der Waals surface area contributed by atoms with Crippen LogP contribution in [0.5, 0.6) is 5.75 Å². The SMILES string of the molecule is CCOC1Oc2ccc(N)cc2C1=C=O. The van der Waals surface area contributed by atoms with Gasteiger partial charge in [0, 0.05) is 17.9 Å². The maximum Gasteiger partial charge on any atom is 0.237 e. The van der Waals surface area contributed by atoms with E-state index in [1.54, 1.807) is 18.2 Å². The molecular formula is C11H11NO3. The summed E-state index contributed by atoms with van der Waals surface area (Å²) in [7, 11) is 0. The van der Waals surface area contributed by atoms with E-state index in [9.17, 15) is 4.79 Å². The molecule has 2 N–H and O–H groups in total. The van der Waals surface area contributed by atoms with Crippen molar-refractivity contribution in [3.63, 3.8) is 0 Å². The van der Waals surface area contributed by atoms with Gasteiger partial charge < -0.3 is 15.2 Å². The zero-order chi connectivity index (χ0) is 10.8. The zero-order valence-electron chi connectivity index (χ0n) is 8.32. The van der Waals surface area contributed by atoms with Gasteiger partial charge in [0.1, 0.15) is 17.3 Å². The lowest BCUT2D eigenvalue weighted by molar-refractivity contribution is -0.0241. The van der Waals surface area contributed by atoms with E-state index in [1.807, 2.05) is 12.9 Å². The van der Waals surface area contributed by atoms with Gasteiger partial charge in [0.25, 0.3) is 0 Å². The number of benzene rings is 1. The maximum absolute atomic E-state index is 10.8. The van der Waals surface area contributed by atoms with Gasteiger partial charge >= 0.3 is 0 Å². The topological polar surface area (TPSA) is 61.6 Å². The average Bonchev–Trinajstić information content (AvgIpc) is 2.55. The summed E-state index contributed by atoms with van der Waals surface area (Å²) < 4.78 is 10.7. The predicted octanol–water partition coefficient (Wildman–Crippen LogP) is 1.24. The van der Waals surface area contributed by atoms with Crippen molar-refractivity contribution in [3.05, 3.63) is 23.8 Å². The van der Waals surface area contributed by atoms with Crippen LogP contribution in [0.15, 0.2) is 18.2 Å². The minimum Gasteiger partial charge on any atom is -0.459 e. The van der Waals surface area contributed by atoms with Crippen LogP contribution in [0, 0.1) is 0 Å². The molecule has 1 aromatic carbocycles. The largest absolute Gasteiger partial charge is 0.459 e. The number of rotatable bonds is 2. The van der Waals surface area contributed by atoms with Crippen molar-refractivity contribution in [1.29, 1.82) is 0 Å². The Labute approximate surface area is 87.3 Å². The van der Waals surface area contributed by atoms with E-state index in [-0.39, 0.29) is 0 Å². The van der Waals surface area contributed by atoms with Gasteiger partial charge in [0.15, 0.2) is 0 Å². The summed E-state index contributed by atoms with van der Waals surface area (Å²) >= 11 is 0. The van der Waals surface area contributed by atoms with Crippen LogP contribution in [0.4, 0.5) is 5.69 Å². The molecule has 0 aliphatic carbocycles. The summed E-state index contributed by atoms with van der Waals surface area (Å²) in [4.78, 5) is 10.8. The second-order valence-corrected chi connectivity index (χ2v) is 3.18. The Balaban J connectivity index is 2.43. The standard InChI is InChI=1S/C11H11NO3/c1-2-14-11-9(6-13)8-5-7(12)3-4-10(8)15-11/h3-5,11H,2,12H2,1H3. The van der Waals surface area contributed by atoms with Crippen LogP contribution in [-0.4, -0.2) is 18.8 Å². The molecule has 4 heteroatoms. The fraction of sp³-hybridized carbons (Fsp3) is 0.273. The summed E-state index contributed by atoms with van der Waals surface area (Å²) in [6, 6.07) is 5.13. The van der Waals surface area contributed by atoms with E-state index in [0.717, 1.165) is 0 Å². The number of anilines is 1. The van der Waals surface area contributed by atoms with E-state index in [1.165, 1.54) is 0 Å². The number of carbonyl (C=O) groups excluding carboxylic acids is 1. The van der Waals surface area contributed by atoms with Crippen molar-refractivity contribution in [2.75, 3.05) is 12.3 Å². The molecule has 1 unspecified atom stereocenters. The van der Waals surface area contributed by atoms with Crippen molar-refractivity contribution in [2.45, 2.75) is 13.2 Å². The molecule has 1 heterocycles. The normalized spacial score (nSPS) is 18.2. The van der Waals surface area contributed by atoms with Gasteiger partial charge in [0.05, 0.1) is 0 Å². The van der Waals surface area contributed by atoms with Crippen LogP contribution < -0.4 is 10.5 Å². The second kappa shape index (κ2) is 3.77. The van der Waals surface area contributed by atoms with Crippen molar-refractivity contribution < 1.29 is 14.3 Å². The van der Waals surface area contributed by atoms with Gasteiger partial charge in [0.2, 0.25) is 6.29 Å². The van der Waals surface area contributed by atoms with E-state index >= 15 is 0 Å². The summed E-state index contributed by atoms with van der Waals surface area (Å²) in [6.07, 6.45) is -0.649. The van der Waals surface area contributed by atoms with Crippen LogP contribution in [-0.2, 0) is 9.53 Å². The Morgan fingerprint density at radius 3 is 3.07 bits per heavy atom. The minimum absolute atomic E-state index is 0.374. The highest BCUT2D eigenvalue weighted by atomic mass is 16.7. The smallest absolute Gasteiger partial charge is 0.237 e. The van der Waals surface area contributed by atoms with Gasteiger partial charge in [-0.1, -0.05) is 0 Å². The minimum atomic E-state index is -0.649. The molecule has 4 nitrogen and oxygen atoms in total. The molecule has 15 heavy (non-hydrogen) atoms. The number of hydrogen-bond acceptors (Lipinski definition) is 4. The van der Waals surface area contributed by atoms with Crippen molar-refractivity contribution >= 4 is 17.2 Å². The first-order valence-corrected chi connectivity index (χ1v) is 4.69. The molecule has 0 saturated carbocycles. The highest BCUT2D eigenvalue weighted by molar-refractivity contribution is 5.94. The van der Waals surface area contributed by atoms with Crippen molar-refractivity contribution in [3.8, 4) is 5.75 Å².